The molecule has 3 heterocycles. The Hall–Kier alpha value is -2.77. The van der Waals surface area contributed by atoms with Crippen molar-refractivity contribution in [1.82, 2.24) is 19.3 Å². The number of hydrogen-bond acceptors (Lipinski definition) is 3. The van der Waals surface area contributed by atoms with Gasteiger partial charge in [-0.1, -0.05) is 29.3 Å². The first-order valence-electron chi connectivity index (χ1n) is 7.77. The standard InChI is InChI=1S/C18H10Cl2F2N4O/c19-12-7-23-17(20)6-16(12)26-5-4-15-11(18(26)27)9-25(24-15)8-10-13(21)2-1-3-14(10)22/h1-7,9H,8H2. The number of aromatic nitrogens is 4. The first-order chi connectivity index (χ1) is 12.9. The van der Waals surface area contributed by atoms with Gasteiger partial charge in [-0.15, -0.1) is 0 Å². The van der Waals surface area contributed by atoms with E-state index in [9.17, 15) is 13.6 Å². The Labute approximate surface area is 161 Å². The molecule has 9 heteroatoms. The van der Waals surface area contributed by atoms with Gasteiger partial charge >= 0.3 is 0 Å². The molecule has 5 nitrogen and oxygen atoms in total. The van der Waals surface area contributed by atoms with E-state index in [0.717, 1.165) is 0 Å². The maximum atomic E-state index is 13.9. The van der Waals surface area contributed by atoms with Crippen LogP contribution in [0.2, 0.25) is 10.2 Å². The molecule has 1 aromatic carbocycles. The fourth-order valence-electron chi connectivity index (χ4n) is 2.77. The van der Waals surface area contributed by atoms with Crippen molar-refractivity contribution < 1.29 is 8.78 Å². The molecule has 0 unspecified atom stereocenters. The SMILES string of the molecule is O=c1c2cn(Cc3c(F)cccc3F)nc2ccn1-c1cc(Cl)ncc1Cl. The van der Waals surface area contributed by atoms with Crippen LogP contribution in [0.15, 0.2) is 53.7 Å². The Bertz CT molecular complexity index is 1220. The van der Waals surface area contributed by atoms with Crippen LogP contribution in [0.3, 0.4) is 0 Å². The molecule has 0 spiro atoms. The van der Waals surface area contributed by atoms with Gasteiger partial charge in [-0.2, -0.15) is 5.10 Å². The summed E-state index contributed by atoms with van der Waals surface area (Å²) in [6, 6.07) is 6.70. The second-order valence-electron chi connectivity index (χ2n) is 5.78. The highest BCUT2D eigenvalue weighted by atomic mass is 35.5. The summed E-state index contributed by atoms with van der Waals surface area (Å²) >= 11 is 12.0. The number of pyridine rings is 2. The molecule has 3 aromatic heterocycles. The van der Waals surface area contributed by atoms with Crippen molar-refractivity contribution in [3.8, 4) is 5.69 Å². The van der Waals surface area contributed by atoms with E-state index in [4.69, 9.17) is 23.2 Å². The zero-order valence-electron chi connectivity index (χ0n) is 13.5. The van der Waals surface area contributed by atoms with Gasteiger partial charge in [0.1, 0.15) is 16.8 Å². The zero-order chi connectivity index (χ0) is 19.1. The molecule has 0 fully saturated rings. The second kappa shape index (κ2) is 6.75. The maximum absolute atomic E-state index is 13.9. The summed E-state index contributed by atoms with van der Waals surface area (Å²) in [7, 11) is 0. The van der Waals surface area contributed by atoms with Crippen LogP contribution in [0.5, 0.6) is 0 Å². The molecule has 0 aliphatic rings. The summed E-state index contributed by atoms with van der Waals surface area (Å²) in [5.74, 6) is -1.35. The van der Waals surface area contributed by atoms with E-state index < -0.39 is 17.2 Å². The molecular weight excluding hydrogens is 397 g/mol. The zero-order valence-corrected chi connectivity index (χ0v) is 15.0. The molecule has 0 bridgehead atoms. The third kappa shape index (κ3) is 3.20. The van der Waals surface area contributed by atoms with Crippen molar-refractivity contribution in [3.05, 3.63) is 86.6 Å². The Kier molecular flexibility index (Phi) is 4.41. The van der Waals surface area contributed by atoms with Gasteiger partial charge in [0.2, 0.25) is 0 Å². The van der Waals surface area contributed by atoms with Gasteiger partial charge in [-0.3, -0.25) is 14.0 Å². The summed E-state index contributed by atoms with van der Waals surface area (Å²) in [5.41, 5.74) is 0.243. The van der Waals surface area contributed by atoms with Crippen LogP contribution in [0, 0.1) is 11.6 Å². The number of halogens is 4. The van der Waals surface area contributed by atoms with Gasteiger partial charge in [0.05, 0.1) is 28.2 Å². The fourth-order valence-corrected chi connectivity index (χ4v) is 3.12. The number of fused-ring (bicyclic) bond motifs is 1. The lowest BCUT2D eigenvalue weighted by atomic mass is 10.2. The highest BCUT2D eigenvalue weighted by Gasteiger charge is 2.14. The average Bonchev–Trinajstić information content (AvgIpc) is 3.05. The van der Waals surface area contributed by atoms with Gasteiger partial charge in [0.15, 0.2) is 0 Å². The second-order valence-corrected chi connectivity index (χ2v) is 6.57. The van der Waals surface area contributed by atoms with Crippen LogP contribution in [0.25, 0.3) is 16.6 Å². The van der Waals surface area contributed by atoms with E-state index in [1.54, 1.807) is 6.07 Å². The molecule has 0 saturated heterocycles. The van der Waals surface area contributed by atoms with Crippen molar-refractivity contribution in [1.29, 1.82) is 0 Å². The minimum absolute atomic E-state index is 0.130. The third-order valence-electron chi connectivity index (χ3n) is 4.06. The largest absolute Gasteiger partial charge is 0.282 e. The highest BCUT2D eigenvalue weighted by molar-refractivity contribution is 6.33. The smallest absolute Gasteiger partial charge is 0.266 e. The summed E-state index contributed by atoms with van der Waals surface area (Å²) < 4.78 is 30.3. The number of rotatable bonds is 3. The van der Waals surface area contributed by atoms with Crippen molar-refractivity contribution in [2.45, 2.75) is 6.54 Å². The first kappa shape index (κ1) is 17.6. The third-order valence-corrected chi connectivity index (χ3v) is 4.56. The topological polar surface area (TPSA) is 52.7 Å². The van der Waals surface area contributed by atoms with Crippen LogP contribution in [-0.2, 0) is 6.54 Å². The van der Waals surface area contributed by atoms with Crippen LogP contribution < -0.4 is 5.56 Å². The van der Waals surface area contributed by atoms with E-state index >= 15 is 0 Å². The molecule has 4 rings (SSSR count). The fraction of sp³-hybridized carbons (Fsp3) is 0.0556. The van der Waals surface area contributed by atoms with Gasteiger partial charge in [-0.25, -0.2) is 13.8 Å². The van der Waals surface area contributed by atoms with E-state index in [1.165, 1.54) is 52.1 Å². The number of benzene rings is 1. The highest BCUT2D eigenvalue weighted by Crippen LogP contribution is 2.22. The monoisotopic (exact) mass is 406 g/mol. The lowest BCUT2D eigenvalue weighted by Crippen LogP contribution is -2.17. The van der Waals surface area contributed by atoms with Gasteiger partial charge < -0.3 is 0 Å². The molecule has 0 atom stereocenters. The summed E-state index contributed by atoms with van der Waals surface area (Å²) in [6.45, 7) is -0.144. The van der Waals surface area contributed by atoms with E-state index in [2.05, 4.69) is 10.1 Å². The molecule has 0 aliphatic carbocycles. The summed E-state index contributed by atoms with van der Waals surface area (Å²) in [4.78, 5) is 16.7. The Balaban J connectivity index is 1.81. The molecular formula is C18H10Cl2F2N4O. The molecule has 4 aromatic rings. The Morgan fingerprint density at radius 1 is 1.11 bits per heavy atom. The normalized spacial score (nSPS) is 11.3. The molecule has 136 valence electrons. The van der Waals surface area contributed by atoms with Crippen LogP contribution in [-0.4, -0.2) is 19.3 Å². The molecule has 0 aliphatic heterocycles. The van der Waals surface area contributed by atoms with Crippen LogP contribution in [0.4, 0.5) is 8.78 Å². The van der Waals surface area contributed by atoms with Crippen molar-refractivity contribution in [3.63, 3.8) is 0 Å². The first-order valence-corrected chi connectivity index (χ1v) is 8.53. The average molecular weight is 407 g/mol. The minimum atomic E-state index is -0.676. The van der Waals surface area contributed by atoms with Gasteiger partial charge in [0.25, 0.3) is 5.56 Å². The predicted octanol–water partition coefficient (Wildman–Crippen LogP) is 4.22. The molecule has 27 heavy (non-hydrogen) atoms. The van der Waals surface area contributed by atoms with Gasteiger partial charge in [-0.05, 0) is 18.2 Å². The molecule has 0 amide bonds. The summed E-state index contributed by atoms with van der Waals surface area (Å²) in [6.07, 6.45) is 4.29. The van der Waals surface area contributed by atoms with Crippen molar-refractivity contribution >= 4 is 34.1 Å². The molecule has 0 radical (unpaired) electrons. The lowest BCUT2D eigenvalue weighted by molar-refractivity contribution is 0.534. The Morgan fingerprint density at radius 2 is 1.85 bits per heavy atom. The number of hydrogen-bond donors (Lipinski definition) is 0. The van der Waals surface area contributed by atoms with Gasteiger partial charge in [0, 0.05) is 30.2 Å². The van der Waals surface area contributed by atoms with Crippen LogP contribution >= 0.6 is 23.2 Å². The van der Waals surface area contributed by atoms with E-state index in [1.807, 2.05) is 0 Å². The minimum Gasteiger partial charge on any atom is -0.282 e. The molecule has 0 saturated carbocycles. The molecule has 0 N–H and O–H groups in total. The quantitative estimate of drug-likeness (QED) is 0.478. The van der Waals surface area contributed by atoms with Crippen molar-refractivity contribution in [2.75, 3.05) is 0 Å². The van der Waals surface area contributed by atoms with E-state index in [-0.39, 0.29) is 27.7 Å². The van der Waals surface area contributed by atoms with Crippen molar-refractivity contribution in [2.24, 2.45) is 0 Å². The maximum Gasteiger partial charge on any atom is 0.266 e. The lowest BCUT2D eigenvalue weighted by Gasteiger charge is -2.07. The number of nitrogens with zero attached hydrogens (tertiary/aromatic N) is 4. The summed E-state index contributed by atoms with van der Waals surface area (Å²) in [5, 5.41) is 4.94. The van der Waals surface area contributed by atoms with E-state index in [0.29, 0.717) is 11.2 Å². The van der Waals surface area contributed by atoms with Crippen LogP contribution in [0.1, 0.15) is 5.56 Å². The Morgan fingerprint density at radius 3 is 2.59 bits per heavy atom. The predicted molar refractivity (Wildman–Crippen MR) is 98.6 cm³/mol.